The van der Waals surface area contributed by atoms with Gasteiger partial charge < -0.3 is 35.0 Å². The first-order valence-corrected chi connectivity index (χ1v) is 31.1. The molecule has 0 aromatic heterocycles. The molecule has 0 spiro atoms. The van der Waals surface area contributed by atoms with Gasteiger partial charge in [0.15, 0.2) is 0 Å². The molecule has 0 atom stereocenters. The van der Waals surface area contributed by atoms with Crippen LogP contribution in [-0.4, -0.2) is 39.8 Å². The highest BCUT2D eigenvalue weighted by molar-refractivity contribution is 5.61. The van der Waals surface area contributed by atoms with Crippen molar-refractivity contribution >= 4 is 0 Å². The van der Waals surface area contributed by atoms with Gasteiger partial charge in [0.1, 0.15) is 40.2 Å². The number of phenolic OH excluding ortho intramolecular Hbond substituents is 5. The van der Waals surface area contributed by atoms with E-state index < -0.39 is 0 Å². The lowest BCUT2D eigenvalue weighted by Crippen LogP contribution is -2.16. The lowest BCUT2D eigenvalue weighted by atomic mass is 9.79. The number of hydrogen-bond donors (Lipinski definition) is 5. The third-order valence-corrected chi connectivity index (χ3v) is 18.0. The molecule has 0 amide bonds. The number of benzene rings is 7. The molecular formula is C79H102O7. The number of rotatable bonds is 2. The Kier molecular flexibility index (Phi) is 17.4. The van der Waals surface area contributed by atoms with E-state index >= 15 is 0 Å². The summed E-state index contributed by atoms with van der Waals surface area (Å²) in [4.78, 5) is 0. The number of phenols is 5. The topological polar surface area (TPSA) is 120 Å². The molecule has 8 rings (SSSR count). The first kappa shape index (κ1) is 65.1. The Morgan fingerprint density at radius 1 is 0.209 bits per heavy atom. The second-order valence-corrected chi connectivity index (χ2v) is 32.4. The van der Waals surface area contributed by atoms with Crippen molar-refractivity contribution in [3.05, 3.63) is 202 Å². The number of aromatic hydroxyl groups is 5. The molecule has 0 aliphatic heterocycles. The van der Waals surface area contributed by atoms with Gasteiger partial charge in [0, 0.05) is 44.9 Å². The standard InChI is InChI=1S/C79H102O7/c1-73(2,3)59-31-45-24-47-33-60(74(4,5)6)37-51(67(47)81)27-55-41-64(78(16,17)18)43-57(71(55)85-22)29-53-39-62(76(10,11)12)35-49(69(53)83)26-50-36-63(77(13,14)15)40-54(70(50)84)30-58-44-65(79(19,20)21)42-56(72(58)86-23)28-52-38-61(75(7,8)9)34-48(68(52)82)25-46(32-59)66(45)80/h31-44,80-84H,24-30H2,1-23H3. The summed E-state index contributed by atoms with van der Waals surface area (Å²) in [6, 6.07) is 29.9. The largest absolute Gasteiger partial charge is 0.507 e. The molecule has 86 heavy (non-hydrogen) atoms. The van der Waals surface area contributed by atoms with Crippen LogP contribution in [0.15, 0.2) is 84.9 Å². The highest BCUT2D eigenvalue weighted by Crippen LogP contribution is 2.46. The number of methoxy groups -OCH3 is 2. The molecule has 5 N–H and O–H groups in total. The lowest BCUT2D eigenvalue weighted by molar-refractivity contribution is 0.404. The van der Waals surface area contributed by atoms with Crippen LogP contribution in [0.5, 0.6) is 40.2 Å². The van der Waals surface area contributed by atoms with E-state index in [4.69, 9.17) is 9.47 Å². The highest BCUT2D eigenvalue weighted by atomic mass is 16.5. The molecule has 7 heteroatoms. The van der Waals surface area contributed by atoms with Crippen LogP contribution in [0.2, 0.25) is 0 Å². The van der Waals surface area contributed by atoms with Crippen LogP contribution in [0.1, 0.15) is 262 Å². The van der Waals surface area contributed by atoms with Crippen molar-refractivity contribution in [2.24, 2.45) is 0 Å². The Morgan fingerprint density at radius 2 is 0.314 bits per heavy atom. The fourth-order valence-corrected chi connectivity index (χ4v) is 12.2. The molecule has 7 aromatic carbocycles. The minimum Gasteiger partial charge on any atom is -0.507 e. The number of fused-ring (bicyclic) bond motifs is 14. The fraction of sp³-hybridized carbons (Fsp3) is 0.468. The summed E-state index contributed by atoms with van der Waals surface area (Å²) in [5.41, 5.74) is 16.2. The zero-order valence-electron chi connectivity index (χ0n) is 56.6. The van der Waals surface area contributed by atoms with Crippen molar-refractivity contribution < 1.29 is 35.0 Å². The molecule has 0 fully saturated rings. The van der Waals surface area contributed by atoms with E-state index in [2.05, 4.69) is 230 Å². The monoisotopic (exact) mass is 1160 g/mol. The van der Waals surface area contributed by atoms with E-state index in [9.17, 15) is 25.5 Å². The molecule has 14 bridgehead atoms. The first-order chi connectivity index (χ1) is 39.5. The van der Waals surface area contributed by atoms with Crippen molar-refractivity contribution in [1.29, 1.82) is 0 Å². The van der Waals surface area contributed by atoms with E-state index in [-0.39, 0.29) is 85.9 Å². The van der Waals surface area contributed by atoms with Gasteiger partial charge in [0.25, 0.3) is 0 Å². The van der Waals surface area contributed by atoms with Crippen LogP contribution in [-0.2, 0) is 82.9 Å². The van der Waals surface area contributed by atoms with Gasteiger partial charge >= 0.3 is 0 Å². The van der Waals surface area contributed by atoms with Crippen LogP contribution in [0.25, 0.3) is 0 Å². The van der Waals surface area contributed by atoms with Gasteiger partial charge in [-0.05, 0) is 155 Å². The van der Waals surface area contributed by atoms with Crippen LogP contribution in [0, 0.1) is 0 Å². The molecule has 0 radical (unpaired) electrons. The molecular weight excluding hydrogens is 1060 g/mol. The Bertz CT molecular complexity index is 3490. The smallest absolute Gasteiger partial charge is 0.125 e. The molecule has 1 aliphatic rings. The maximum atomic E-state index is 12.8. The molecule has 0 saturated heterocycles. The second-order valence-electron chi connectivity index (χ2n) is 32.4. The molecule has 0 saturated carbocycles. The number of hydrogen-bond acceptors (Lipinski definition) is 7. The van der Waals surface area contributed by atoms with E-state index in [1.54, 1.807) is 14.2 Å². The zero-order chi connectivity index (χ0) is 63.9. The minimum atomic E-state index is -0.311. The van der Waals surface area contributed by atoms with Crippen molar-refractivity contribution in [3.8, 4) is 40.2 Å². The lowest BCUT2D eigenvalue weighted by Gasteiger charge is -2.27. The average molecular weight is 1160 g/mol. The quantitative estimate of drug-likeness (QED) is 0.117. The molecule has 7 nitrogen and oxygen atoms in total. The van der Waals surface area contributed by atoms with E-state index in [0.717, 1.165) is 83.5 Å². The van der Waals surface area contributed by atoms with Gasteiger partial charge in [-0.15, -0.1) is 0 Å². The Morgan fingerprint density at radius 3 is 0.419 bits per heavy atom. The molecule has 460 valence electrons. The van der Waals surface area contributed by atoms with Gasteiger partial charge in [-0.25, -0.2) is 0 Å². The van der Waals surface area contributed by atoms with Crippen molar-refractivity contribution in [2.45, 2.75) is 228 Å². The third kappa shape index (κ3) is 13.9. The maximum Gasteiger partial charge on any atom is 0.125 e. The summed E-state index contributed by atoms with van der Waals surface area (Å²) in [5, 5.41) is 64.0. The Hall–Kier alpha value is -6.86. The minimum absolute atomic E-state index is 0.132. The summed E-state index contributed by atoms with van der Waals surface area (Å²) in [6.07, 6.45) is 2.21. The van der Waals surface area contributed by atoms with Crippen molar-refractivity contribution in [1.82, 2.24) is 0 Å². The van der Waals surface area contributed by atoms with Gasteiger partial charge in [-0.2, -0.15) is 0 Å². The summed E-state index contributed by atoms with van der Waals surface area (Å²) < 4.78 is 13.0. The van der Waals surface area contributed by atoms with E-state index in [0.29, 0.717) is 70.6 Å². The Balaban J connectivity index is 1.48. The normalized spacial score (nSPS) is 14.1. The van der Waals surface area contributed by atoms with Crippen LogP contribution < -0.4 is 9.47 Å². The van der Waals surface area contributed by atoms with Crippen molar-refractivity contribution in [3.63, 3.8) is 0 Å². The highest BCUT2D eigenvalue weighted by Gasteiger charge is 2.31. The summed E-state index contributed by atoms with van der Waals surface area (Å²) in [6.45, 7) is 46.0. The maximum absolute atomic E-state index is 12.8. The summed E-state index contributed by atoms with van der Waals surface area (Å²) >= 11 is 0. The molecule has 0 heterocycles. The average Bonchev–Trinajstić information content (AvgIpc) is 2.01. The van der Waals surface area contributed by atoms with Gasteiger partial charge in [0.05, 0.1) is 14.2 Å². The molecule has 1 aliphatic carbocycles. The van der Waals surface area contributed by atoms with Gasteiger partial charge in [-0.3, -0.25) is 0 Å². The first-order valence-electron chi connectivity index (χ1n) is 31.1. The fourth-order valence-electron chi connectivity index (χ4n) is 12.2. The third-order valence-electron chi connectivity index (χ3n) is 18.0. The van der Waals surface area contributed by atoms with Crippen LogP contribution >= 0.6 is 0 Å². The number of ether oxygens (including phenoxy) is 2. The summed E-state index contributed by atoms with van der Waals surface area (Å²) in [5.74, 6) is 2.17. The Labute approximate surface area is 516 Å². The van der Waals surface area contributed by atoms with Gasteiger partial charge in [0.2, 0.25) is 0 Å². The SMILES string of the molecule is COc1c2cc(C(C)(C)C)cc1Cc1cc(C(C)(C)C)cc(c1O)Cc1cc(C(C)(C)C)cc(c1O)Cc1cc(C(C)(C)C)cc(c1OC)Cc1cc(C(C)(C)C)cc(c1O)Cc1cc(C(C)(C)C)cc(c1O)Cc1cc(C(C)(C)C)cc(c1O)C2. The van der Waals surface area contributed by atoms with E-state index in [1.807, 2.05) is 0 Å². The zero-order valence-corrected chi connectivity index (χ0v) is 56.6. The summed E-state index contributed by atoms with van der Waals surface area (Å²) in [7, 11) is 3.41. The second kappa shape index (κ2) is 23.0. The van der Waals surface area contributed by atoms with Crippen LogP contribution in [0.3, 0.4) is 0 Å². The van der Waals surface area contributed by atoms with Crippen LogP contribution in [0.4, 0.5) is 0 Å². The van der Waals surface area contributed by atoms with E-state index in [1.165, 1.54) is 0 Å². The van der Waals surface area contributed by atoms with Gasteiger partial charge in [-0.1, -0.05) is 230 Å². The predicted octanol–water partition coefficient (Wildman–Crippen LogP) is 18.8. The molecule has 7 aromatic rings. The predicted molar refractivity (Wildman–Crippen MR) is 357 cm³/mol. The van der Waals surface area contributed by atoms with Crippen molar-refractivity contribution in [2.75, 3.05) is 14.2 Å². The molecule has 0 unspecified atom stereocenters.